The molecule has 1 fully saturated rings. The molecule has 174 valence electrons. The van der Waals surface area contributed by atoms with E-state index < -0.39 is 0 Å². The van der Waals surface area contributed by atoms with Crippen molar-refractivity contribution in [1.29, 1.82) is 0 Å². The predicted molar refractivity (Wildman–Crippen MR) is 128 cm³/mol. The molecule has 1 aliphatic heterocycles. The minimum atomic E-state index is 0.0302. The maximum atomic E-state index is 10.6. The lowest BCUT2D eigenvalue weighted by atomic mass is 10.2. The van der Waals surface area contributed by atoms with Crippen molar-refractivity contribution in [2.45, 2.75) is 6.92 Å². The van der Waals surface area contributed by atoms with E-state index in [-0.39, 0.29) is 5.76 Å². The van der Waals surface area contributed by atoms with Crippen LogP contribution in [0.4, 0.5) is 5.82 Å². The number of aromatic nitrogens is 3. The molecule has 0 aliphatic carbocycles. The van der Waals surface area contributed by atoms with Crippen molar-refractivity contribution in [3.05, 3.63) is 48.0 Å². The van der Waals surface area contributed by atoms with Crippen molar-refractivity contribution in [3.8, 4) is 11.5 Å². The Morgan fingerprint density at radius 1 is 1.24 bits per heavy atom. The first kappa shape index (κ1) is 22.8. The van der Waals surface area contributed by atoms with Crippen LogP contribution in [0.5, 0.6) is 11.5 Å². The number of anilines is 1. The molecule has 0 saturated carbocycles. The van der Waals surface area contributed by atoms with Gasteiger partial charge in [-0.25, -0.2) is 9.97 Å². The zero-order chi connectivity index (χ0) is 23.0. The lowest BCUT2D eigenvalue weighted by molar-refractivity contribution is 0.0322. The van der Waals surface area contributed by atoms with Crippen molar-refractivity contribution in [3.63, 3.8) is 0 Å². The van der Waals surface area contributed by atoms with Crippen LogP contribution in [0.15, 0.2) is 36.7 Å². The first-order chi connectivity index (χ1) is 16.2. The molecule has 0 atom stereocenters. The number of hydrogen-bond acceptors (Lipinski definition) is 9. The Kier molecular flexibility index (Phi) is 7.54. The van der Waals surface area contributed by atoms with E-state index >= 15 is 0 Å². The third-order valence-electron chi connectivity index (χ3n) is 5.35. The number of nitrogens with zero attached hydrogens (tertiary/aromatic N) is 4. The van der Waals surface area contributed by atoms with Gasteiger partial charge in [-0.05, 0) is 31.2 Å². The molecule has 33 heavy (non-hydrogen) atoms. The van der Waals surface area contributed by atoms with Gasteiger partial charge < -0.3 is 24.6 Å². The molecule has 1 saturated heterocycles. The van der Waals surface area contributed by atoms with E-state index in [0.29, 0.717) is 47.4 Å². The minimum Gasteiger partial charge on any atom is -0.507 e. The molecule has 0 radical (unpaired) electrons. The van der Waals surface area contributed by atoms with Gasteiger partial charge in [0.2, 0.25) is 0 Å². The van der Waals surface area contributed by atoms with E-state index in [2.05, 4.69) is 20.2 Å². The second-order valence-electron chi connectivity index (χ2n) is 7.53. The zero-order valence-corrected chi connectivity index (χ0v) is 19.0. The van der Waals surface area contributed by atoms with Gasteiger partial charge in [-0.3, -0.25) is 9.88 Å². The predicted octanol–water partition coefficient (Wildman–Crippen LogP) is 3.23. The number of aliphatic hydroxyl groups is 1. The summed E-state index contributed by atoms with van der Waals surface area (Å²) in [6.07, 6.45) is 4.76. The molecular weight excluding hydrogens is 422 g/mol. The topological polar surface area (TPSA) is 102 Å². The second-order valence-corrected chi connectivity index (χ2v) is 7.53. The summed E-state index contributed by atoms with van der Waals surface area (Å²) in [6.45, 7) is 7.23. The summed E-state index contributed by atoms with van der Waals surface area (Å²) in [5, 5.41) is 14.7. The molecule has 0 bridgehead atoms. The third-order valence-corrected chi connectivity index (χ3v) is 5.35. The number of methoxy groups -OCH3 is 1. The third kappa shape index (κ3) is 5.50. The zero-order valence-electron chi connectivity index (χ0n) is 19.0. The Morgan fingerprint density at radius 3 is 2.82 bits per heavy atom. The van der Waals surface area contributed by atoms with Crippen molar-refractivity contribution < 1.29 is 19.3 Å². The van der Waals surface area contributed by atoms with E-state index in [4.69, 9.17) is 19.2 Å². The molecule has 2 aromatic heterocycles. The van der Waals surface area contributed by atoms with E-state index in [9.17, 15) is 5.11 Å². The highest BCUT2D eigenvalue weighted by Gasteiger charge is 2.17. The number of morpholine rings is 1. The average Bonchev–Trinajstić information content (AvgIpc) is 2.85. The number of pyridine rings is 1. The summed E-state index contributed by atoms with van der Waals surface area (Å²) in [5.41, 5.74) is 1.20. The molecular formula is C24H29N5O4. The molecule has 0 spiro atoms. The first-order valence-corrected chi connectivity index (χ1v) is 11.1. The summed E-state index contributed by atoms with van der Waals surface area (Å²) >= 11 is 0. The van der Waals surface area contributed by atoms with Gasteiger partial charge in [-0.2, -0.15) is 0 Å². The normalized spacial score (nSPS) is 14.9. The summed E-state index contributed by atoms with van der Waals surface area (Å²) in [5.74, 6) is 2.19. The van der Waals surface area contributed by atoms with Crippen molar-refractivity contribution >= 4 is 28.6 Å². The molecule has 3 heterocycles. The standard InChI is InChI=1S/C24H29N5O4/c1-3-26-24-18-6-7-20(31-2)23(33-14-11-29-9-12-32-13-10-29)22(18)27-21(28-24)15-19(30)17-5-4-8-25-16-17/h4-8,15-16,30H,3,9-14H2,1-2H3,(H,26,27,28)/b19-15-. The maximum Gasteiger partial charge on any atom is 0.187 e. The van der Waals surface area contributed by atoms with E-state index in [1.165, 1.54) is 6.08 Å². The van der Waals surface area contributed by atoms with Crippen molar-refractivity contribution in [2.24, 2.45) is 0 Å². The SMILES string of the molecule is CCNc1nc(/C=C(\O)c2cccnc2)nc2c(OCCN3CCOCC3)c(OC)ccc12. The largest absolute Gasteiger partial charge is 0.507 e. The number of ether oxygens (including phenoxy) is 3. The highest BCUT2D eigenvalue weighted by Crippen LogP contribution is 2.37. The number of hydrogen-bond donors (Lipinski definition) is 2. The van der Waals surface area contributed by atoms with Crippen LogP contribution in [0.1, 0.15) is 18.3 Å². The lowest BCUT2D eigenvalue weighted by Gasteiger charge is -2.26. The molecule has 1 aliphatic rings. The molecule has 0 amide bonds. The molecule has 9 nitrogen and oxygen atoms in total. The monoisotopic (exact) mass is 451 g/mol. The van der Waals surface area contributed by atoms with Crippen LogP contribution >= 0.6 is 0 Å². The van der Waals surface area contributed by atoms with Gasteiger partial charge in [-0.15, -0.1) is 0 Å². The average molecular weight is 452 g/mol. The number of rotatable bonds is 9. The number of nitrogens with one attached hydrogen (secondary N) is 1. The fourth-order valence-electron chi connectivity index (χ4n) is 3.66. The Balaban J connectivity index is 1.70. The number of fused-ring (bicyclic) bond motifs is 1. The summed E-state index contributed by atoms with van der Waals surface area (Å²) in [6, 6.07) is 7.30. The van der Waals surface area contributed by atoms with E-state index in [1.54, 1.807) is 31.6 Å². The van der Waals surface area contributed by atoms with Crippen LogP contribution in [0.3, 0.4) is 0 Å². The van der Waals surface area contributed by atoms with Crippen LogP contribution in [-0.4, -0.2) is 78.1 Å². The van der Waals surface area contributed by atoms with Gasteiger partial charge in [0.1, 0.15) is 23.7 Å². The summed E-state index contributed by atoms with van der Waals surface area (Å²) < 4.78 is 17.2. The van der Waals surface area contributed by atoms with Crippen molar-refractivity contribution in [1.82, 2.24) is 19.9 Å². The van der Waals surface area contributed by atoms with Gasteiger partial charge in [0.15, 0.2) is 17.3 Å². The van der Waals surface area contributed by atoms with E-state index in [1.807, 2.05) is 19.1 Å². The Labute approximate surface area is 193 Å². The Morgan fingerprint density at radius 2 is 2.09 bits per heavy atom. The van der Waals surface area contributed by atoms with Crippen LogP contribution in [0.2, 0.25) is 0 Å². The molecule has 1 aromatic carbocycles. The molecule has 9 heteroatoms. The maximum absolute atomic E-state index is 10.6. The Bertz CT molecular complexity index is 1100. The van der Waals surface area contributed by atoms with Crippen LogP contribution in [0, 0.1) is 0 Å². The highest BCUT2D eigenvalue weighted by molar-refractivity contribution is 5.95. The highest BCUT2D eigenvalue weighted by atomic mass is 16.5. The van der Waals surface area contributed by atoms with Gasteiger partial charge in [0, 0.05) is 55.6 Å². The smallest absolute Gasteiger partial charge is 0.187 e. The quantitative estimate of drug-likeness (QED) is 0.475. The van der Waals surface area contributed by atoms with E-state index in [0.717, 1.165) is 38.2 Å². The van der Waals surface area contributed by atoms with Crippen LogP contribution in [-0.2, 0) is 4.74 Å². The fourth-order valence-corrected chi connectivity index (χ4v) is 3.66. The van der Waals surface area contributed by atoms with Gasteiger partial charge >= 0.3 is 0 Å². The van der Waals surface area contributed by atoms with Crippen LogP contribution < -0.4 is 14.8 Å². The van der Waals surface area contributed by atoms with Gasteiger partial charge in [0.05, 0.1) is 20.3 Å². The lowest BCUT2D eigenvalue weighted by Crippen LogP contribution is -2.38. The fraction of sp³-hybridized carbons (Fsp3) is 0.375. The van der Waals surface area contributed by atoms with Crippen molar-refractivity contribution in [2.75, 3.05) is 58.4 Å². The molecule has 4 rings (SSSR count). The summed E-state index contributed by atoms with van der Waals surface area (Å²) in [7, 11) is 1.61. The molecule has 0 unspecified atom stereocenters. The van der Waals surface area contributed by atoms with Crippen LogP contribution in [0.25, 0.3) is 22.7 Å². The minimum absolute atomic E-state index is 0.0302. The number of benzene rings is 1. The van der Waals surface area contributed by atoms with Gasteiger partial charge in [0.25, 0.3) is 0 Å². The van der Waals surface area contributed by atoms with Gasteiger partial charge in [-0.1, -0.05) is 0 Å². The molecule has 2 N–H and O–H groups in total. The molecule has 3 aromatic rings. The summed E-state index contributed by atoms with van der Waals surface area (Å²) in [4.78, 5) is 15.7. The number of aliphatic hydroxyl groups excluding tert-OH is 1. The first-order valence-electron chi connectivity index (χ1n) is 11.1. The second kappa shape index (κ2) is 10.9. The Hall–Kier alpha value is -3.43.